The number of para-hydroxylation sites is 1. The maximum Gasteiger partial charge on any atom is 0.268 e. The summed E-state index contributed by atoms with van der Waals surface area (Å²) >= 11 is 8.49. The van der Waals surface area contributed by atoms with Crippen molar-refractivity contribution in [1.82, 2.24) is 14.5 Å². The molecule has 0 aliphatic rings. The van der Waals surface area contributed by atoms with Crippen LogP contribution in [0.4, 0.5) is 0 Å². The molecule has 0 saturated carbocycles. The molecule has 0 aliphatic heterocycles. The Bertz CT molecular complexity index is 1380. The van der Waals surface area contributed by atoms with Crippen molar-refractivity contribution in [3.63, 3.8) is 0 Å². The maximum atomic E-state index is 13.6. The lowest BCUT2D eigenvalue weighted by Crippen LogP contribution is -2.22. The highest BCUT2D eigenvalue weighted by Crippen LogP contribution is 2.31. The van der Waals surface area contributed by atoms with Gasteiger partial charge in [0.1, 0.15) is 5.82 Å². The summed E-state index contributed by atoms with van der Waals surface area (Å²) in [5.74, 6) is 0.570. The van der Waals surface area contributed by atoms with Crippen LogP contribution in [-0.2, 0) is 0 Å². The van der Waals surface area contributed by atoms with Gasteiger partial charge in [-0.25, -0.2) is 14.5 Å². The van der Waals surface area contributed by atoms with E-state index in [0.29, 0.717) is 21.9 Å². The van der Waals surface area contributed by atoms with E-state index in [1.807, 2.05) is 60.7 Å². The molecule has 0 fully saturated rings. The van der Waals surface area contributed by atoms with Gasteiger partial charge in [-0.3, -0.25) is 4.79 Å². The van der Waals surface area contributed by atoms with Crippen molar-refractivity contribution in [3.05, 3.63) is 86.0 Å². The Morgan fingerprint density at radius 1 is 0.893 bits per heavy atom. The SMILES string of the molecule is O=c1c2cc(Br)cc(Br)c2nc(-c2ccccc2)n1-c1nc2ccccc2s1. The molecule has 0 radical (unpaired) electrons. The van der Waals surface area contributed by atoms with E-state index in [0.717, 1.165) is 24.7 Å². The Kier molecular flexibility index (Phi) is 4.38. The fourth-order valence-electron chi connectivity index (χ4n) is 3.13. The van der Waals surface area contributed by atoms with E-state index < -0.39 is 0 Å². The van der Waals surface area contributed by atoms with Gasteiger partial charge in [0.15, 0.2) is 5.13 Å². The van der Waals surface area contributed by atoms with Crippen molar-refractivity contribution < 1.29 is 0 Å². The second kappa shape index (κ2) is 6.92. The standard InChI is InChI=1S/C21H11Br2N3OS/c22-13-10-14-18(15(23)11-13)25-19(12-6-2-1-3-7-12)26(20(14)27)21-24-16-8-4-5-9-17(16)28-21/h1-11H. The van der Waals surface area contributed by atoms with Crippen LogP contribution < -0.4 is 5.56 Å². The van der Waals surface area contributed by atoms with Crippen molar-refractivity contribution in [2.24, 2.45) is 0 Å². The van der Waals surface area contributed by atoms with E-state index in [1.165, 1.54) is 11.3 Å². The van der Waals surface area contributed by atoms with E-state index in [-0.39, 0.29) is 5.56 Å². The number of rotatable bonds is 2. The molecular weight excluding hydrogens is 502 g/mol. The first-order valence-electron chi connectivity index (χ1n) is 8.45. The van der Waals surface area contributed by atoms with Gasteiger partial charge in [0.05, 0.1) is 21.1 Å². The summed E-state index contributed by atoms with van der Waals surface area (Å²) in [6.07, 6.45) is 0. The van der Waals surface area contributed by atoms with E-state index in [1.54, 1.807) is 10.6 Å². The second-order valence-electron chi connectivity index (χ2n) is 6.19. The van der Waals surface area contributed by atoms with Gasteiger partial charge in [-0.05, 0) is 40.2 Å². The number of hydrogen-bond acceptors (Lipinski definition) is 4. The zero-order valence-corrected chi connectivity index (χ0v) is 18.3. The predicted octanol–water partition coefficient (Wildman–Crippen LogP) is 6.19. The molecule has 0 atom stereocenters. The van der Waals surface area contributed by atoms with Crippen molar-refractivity contribution >= 4 is 64.3 Å². The Labute approximate surface area is 180 Å². The van der Waals surface area contributed by atoms with E-state index in [2.05, 4.69) is 31.9 Å². The molecule has 4 nitrogen and oxygen atoms in total. The Morgan fingerprint density at radius 3 is 2.43 bits per heavy atom. The summed E-state index contributed by atoms with van der Waals surface area (Å²) < 4.78 is 4.22. The largest absolute Gasteiger partial charge is 0.268 e. The lowest BCUT2D eigenvalue weighted by molar-refractivity contribution is 0.964. The van der Waals surface area contributed by atoms with Crippen LogP contribution in [0, 0.1) is 0 Å². The minimum Gasteiger partial charge on any atom is -0.268 e. The molecule has 0 N–H and O–H groups in total. The number of halogens is 2. The maximum absolute atomic E-state index is 13.6. The summed E-state index contributed by atoms with van der Waals surface area (Å²) in [7, 11) is 0. The fraction of sp³-hybridized carbons (Fsp3) is 0. The van der Waals surface area contributed by atoms with Crippen LogP contribution in [0.3, 0.4) is 0 Å². The van der Waals surface area contributed by atoms with Gasteiger partial charge in [-0.2, -0.15) is 0 Å². The third-order valence-electron chi connectivity index (χ3n) is 4.40. The molecule has 0 amide bonds. The normalized spacial score (nSPS) is 11.4. The van der Waals surface area contributed by atoms with Crippen LogP contribution in [-0.4, -0.2) is 14.5 Å². The first kappa shape index (κ1) is 17.7. The number of thiazole rings is 1. The van der Waals surface area contributed by atoms with E-state index >= 15 is 0 Å². The summed E-state index contributed by atoms with van der Waals surface area (Å²) in [6, 6.07) is 21.3. The van der Waals surface area contributed by atoms with Crippen molar-refractivity contribution in [1.29, 1.82) is 0 Å². The summed E-state index contributed by atoms with van der Waals surface area (Å²) in [5, 5.41) is 1.13. The van der Waals surface area contributed by atoms with E-state index in [9.17, 15) is 4.79 Å². The topological polar surface area (TPSA) is 47.8 Å². The predicted molar refractivity (Wildman–Crippen MR) is 121 cm³/mol. The highest BCUT2D eigenvalue weighted by atomic mass is 79.9. The Hall–Kier alpha value is -2.35. The molecule has 5 rings (SSSR count). The zero-order valence-electron chi connectivity index (χ0n) is 14.3. The van der Waals surface area contributed by atoms with Crippen molar-refractivity contribution in [2.75, 3.05) is 0 Å². The van der Waals surface area contributed by atoms with Gasteiger partial charge in [0.2, 0.25) is 0 Å². The van der Waals surface area contributed by atoms with Gasteiger partial charge >= 0.3 is 0 Å². The number of hydrogen-bond donors (Lipinski definition) is 0. The zero-order chi connectivity index (χ0) is 19.3. The molecule has 0 aliphatic carbocycles. The fourth-order valence-corrected chi connectivity index (χ4v) is 5.41. The molecule has 2 aromatic heterocycles. The van der Waals surface area contributed by atoms with Crippen LogP contribution in [0.25, 0.3) is 37.6 Å². The lowest BCUT2D eigenvalue weighted by Gasteiger charge is -2.12. The van der Waals surface area contributed by atoms with Crippen LogP contribution in [0.2, 0.25) is 0 Å². The lowest BCUT2D eigenvalue weighted by atomic mass is 10.2. The molecular formula is C21H11Br2N3OS. The minimum absolute atomic E-state index is 0.148. The Morgan fingerprint density at radius 2 is 1.64 bits per heavy atom. The molecule has 3 aromatic carbocycles. The van der Waals surface area contributed by atoms with E-state index in [4.69, 9.17) is 9.97 Å². The summed E-state index contributed by atoms with van der Waals surface area (Å²) in [5.41, 5.74) is 2.20. The smallest absolute Gasteiger partial charge is 0.268 e. The minimum atomic E-state index is -0.148. The molecule has 7 heteroatoms. The van der Waals surface area contributed by atoms with Crippen LogP contribution in [0.5, 0.6) is 0 Å². The molecule has 0 saturated heterocycles. The summed E-state index contributed by atoms with van der Waals surface area (Å²) in [6.45, 7) is 0. The molecule has 136 valence electrons. The third kappa shape index (κ3) is 2.90. The average Bonchev–Trinajstić information content (AvgIpc) is 3.13. The van der Waals surface area contributed by atoms with Crippen molar-refractivity contribution in [2.45, 2.75) is 0 Å². The first-order chi connectivity index (χ1) is 13.6. The van der Waals surface area contributed by atoms with Crippen LogP contribution in [0.15, 0.2) is 80.5 Å². The molecule has 2 heterocycles. The molecule has 28 heavy (non-hydrogen) atoms. The van der Waals surface area contributed by atoms with Gasteiger partial charge in [0, 0.05) is 14.5 Å². The molecule has 0 unspecified atom stereocenters. The van der Waals surface area contributed by atoms with Gasteiger partial charge in [-0.15, -0.1) is 0 Å². The van der Waals surface area contributed by atoms with Gasteiger partial charge in [0.25, 0.3) is 5.56 Å². The van der Waals surface area contributed by atoms with Crippen molar-refractivity contribution in [3.8, 4) is 16.5 Å². The van der Waals surface area contributed by atoms with Crippen LogP contribution >= 0.6 is 43.2 Å². The second-order valence-corrected chi connectivity index (χ2v) is 8.97. The average molecular weight is 513 g/mol. The number of aromatic nitrogens is 3. The highest BCUT2D eigenvalue weighted by molar-refractivity contribution is 9.11. The Balaban J connectivity index is 1.93. The molecule has 5 aromatic rings. The quantitative estimate of drug-likeness (QED) is 0.283. The van der Waals surface area contributed by atoms with Crippen LogP contribution in [0.1, 0.15) is 0 Å². The molecule has 0 bridgehead atoms. The highest BCUT2D eigenvalue weighted by Gasteiger charge is 2.19. The molecule has 0 spiro atoms. The van der Waals surface area contributed by atoms with Gasteiger partial charge in [-0.1, -0.05) is 69.7 Å². The summed E-state index contributed by atoms with van der Waals surface area (Å²) in [4.78, 5) is 23.1. The number of fused-ring (bicyclic) bond motifs is 2. The first-order valence-corrected chi connectivity index (χ1v) is 10.9. The third-order valence-corrected chi connectivity index (χ3v) is 6.48. The monoisotopic (exact) mass is 511 g/mol. The number of nitrogens with zero attached hydrogens (tertiary/aromatic N) is 3. The van der Waals surface area contributed by atoms with Gasteiger partial charge < -0.3 is 0 Å². The number of benzene rings is 3.